The summed E-state index contributed by atoms with van der Waals surface area (Å²) < 4.78 is 11.0. The summed E-state index contributed by atoms with van der Waals surface area (Å²) in [4.78, 5) is 22.0. The lowest BCUT2D eigenvalue weighted by atomic mass is 10.1. The van der Waals surface area contributed by atoms with Gasteiger partial charge in [-0.1, -0.05) is 20.8 Å². The molecule has 0 bridgehead atoms. The lowest BCUT2D eigenvalue weighted by Gasteiger charge is -2.40. The van der Waals surface area contributed by atoms with Crippen molar-refractivity contribution in [3.05, 3.63) is 0 Å². The van der Waals surface area contributed by atoms with Gasteiger partial charge in [-0.3, -0.25) is 9.59 Å². The SMILES string of the molecule is CC(C)(C)[Si](C)(C)O[C@@H]1CC(=O)O[C@@H](C=O)C1. The molecule has 5 heteroatoms. The highest BCUT2D eigenvalue weighted by molar-refractivity contribution is 6.74. The van der Waals surface area contributed by atoms with E-state index in [1.165, 1.54) is 0 Å². The molecular formula is C12H22O4Si. The molecule has 17 heavy (non-hydrogen) atoms. The quantitative estimate of drug-likeness (QED) is 0.443. The summed E-state index contributed by atoms with van der Waals surface area (Å²) in [5.74, 6) is -0.336. The van der Waals surface area contributed by atoms with Crippen molar-refractivity contribution in [2.24, 2.45) is 0 Å². The maximum atomic E-state index is 11.3. The Bertz CT molecular complexity index is 306. The minimum atomic E-state index is -1.89. The van der Waals surface area contributed by atoms with E-state index in [9.17, 15) is 9.59 Å². The molecule has 0 saturated carbocycles. The molecule has 2 atom stereocenters. The van der Waals surface area contributed by atoms with Crippen LogP contribution in [0.1, 0.15) is 33.6 Å². The van der Waals surface area contributed by atoms with E-state index in [-0.39, 0.29) is 23.5 Å². The first kappa shape index (κ1) is 14.4. The molecule has 0 radical (unpaired) electrons. The number of hydrogen-bond donors (Lipinski definition) is 0. The Hall–Kier alpha value is -0.683. The Balaban J connectivity index is 2.68. The van der Waals surface area contributed by atoms with Gasteiger partial charge in [0.05, 0.1) is 12.5 Å². The number of hydrogen-bond acceptors (Lipinski definition) is 4. The lowest BCUT2D eigenvalue weighted by molar-refractivity contribution is -0.161. The van der Waals surface area contributed by atoms with Gasteiger partial charge in [0.15, 0.2) is 20.7 Å². The van der Waals surface area contributed by atoms with Gasteiger partial charge in [0, 0.05) is 6.42 Å². The van der Waals surface area contributed by atoms with Crippen LogP contribution in [0.4, 0.5) is 0 Å². The van der Waals surface area contributed by atoms with Crippen molar-refractivity contribution in [3.63, 3.8) is 0 Å². The van der Waals surface area contributed by atoms with Crippen LogP contribution in [0.15, 0.2) is 0 Å². The second-order valence-corrected chi connectivity index (χ2v) is 10.9. The monoisotopic (exact) mass is 258 g/mol. The first-order chi connectivity index (χ1) is 7.65. The minimum Gasteiger partial charge on any atom is -0.454 e. The number of ether oxygens (including phenoxy) is 1. The molecule has 4 nitrogen and oxygen atoms in total. The van der Waals surface area contributed by atoms with E-state index >= 15 is 0 Å². The lowest BCUT2D eigenvalue weighted by Crippen LogP contribution is -2.47. The van der Waals surface area contributed by atoms with Gasteiger partial charge in [0.25, 0.3) is 0 Å². The Morgan fingerprint density at radius 2 is 2.00 bits per heavy atom. The van der Waals surface area contributed by atoms with Gasteiger partial charge >= 0.3 is 5.97 Å². The van der Waals surface area contributed by atoms with Crippen LogP contribution in [0.5, 0.6) is 0 Å². The molecule has 0 aromatic heterocycles. The van der Waals surface area contributed by atoms with E-state index in [0.717, 1.165) is 0 Å². The van der Waals surface area contributed by atoms with E-state index in [2.05, 4.69) is 33.9 Å². The highest BCUT2D eigenvalue weighted by atomic mass is 28.4. The Morgan fingerprint density at radius 1 is 1.41 bits per heavy atom. The van der Waals surface area contributed by atoms with Gasteiger partial charge in [-0.15, -0.1) is 0 Å². The highest BCUT2D eigenvalue weighted by Gasteiger charge is 2.41. The maximum Gasteiger partial charge on any atom is 0.309 e. The molecule has 98 valence electrons. The fourth-order valence-corrected chi connectivity index (χ4v) is 2.93. The standard InChI is InChI=1S/C12H22O4Si/c1-12(2,3)17(4,5)16-9-6-10(8-13)15-11(14)7-9/h8-10H,6-7H2,1-5H3/t9-,10+/m0/s1. The normalized spacial score (nSPS) is 26.5. The van der Waals surface area contributed by atoms with Gasteiger partial charge in [0.1, 0.15) is 0 Å². The van der Waals surface area contributed by atoms with Crippen molar-refractivity contribution in [1.29, 1.82) is 0 Å². The smallest absolute Gasteiger partial charge is 0.309 e. The molecule has 1 aliphatic heterocycles. The number of rotatable bonds is 3. The fraction of sp³-hybridized carbons (Fsp3) is 0.833. The second kappa shape index (κ2) is 4.90. The van der Waals surface area contributed by atoms with E-state index in [4.69, 9.17) is 9.16 Å². The Labute approximate surface area is 104 Å². The average molecular weight is 258 g/mol. The van der Waals surface area contributed by atoms with Gasteiger partial charge in [0.2, 0.25) is 0 Å². The first-order valence-electron chi connectivity index (χ1n) is 5.98. The summed E-state index contributed by atoms with van der Waals surface area (Å²) in [6.07, 6.45) is 0.621. The predicted molar refractivity (Wildman–Crippen MR) is 67.2 cm³/mol. The second-order valence-electron chi connectivity index (χ2n) is 6.10. The van der Waals surface area contributed by atoms with Crippen molar-refractivity contribution < 1.29 is 18.8 Å². The van der Waals surface area contributed by atoms with E-state index in [1.54, 1.807) is 0 Å². The molecule has 0 unspecified atom stereocenters. The molecule has 0 N–H and O–H groups in total. The third-order valence-corrected chi connectivity index (χ3v) is 8.13. The maximum absolute atomic E-state index is 11.3. The number of esters is 1. The summed E-state index contributed by atoms with van der Waals surface area (Å²) in [5, 5.41) is 0.102. The zero-order valence-corrected chi connectivity index (χ0v) is 12.3. The molecule has 0 aromatic carbocycles. The van der Waals surface area contributed by atoms with Crippen molar-refractivity contribution in [2.75, 3.05) is 0 Å². The van der Waals surface area contributed by atoms with Crippen LogP contribution in [-0.4, -0.2) is 32.8 Å². The molecule has 0 aliphatic carbocycles. The zero-order chi connectivity index (χ0) is 13.3. The molecule has 1 heterocycles. The van der Waals surface area contributed by atoms with Crippen LogP contribution in [0.3, 0.4) is 0 Å². The first-order valence-corrected chi connectivity index (χ1v) is 8.89. The Kier molecular flexibility index (Phi) is 4.14. The third kappa shape index (κ3) is 3.64. The summed E-state index contributed by atoms with van der Waals surface area (Å²) in [5.41, 5.74) is 0. The van der Waals surface area contributed by atoms with Gasteiger partial charge in [-0.2, -0.15) is 0 Å². The summed E-state index contributed by atoms with van der Waals surface area (Å²) in [6, 6.07) is 0. The van der Waals surface area contributed by atoms with E-state index in [1.807, 2.05) is 0 Å². The molecule has 1 rings (SSSR count). The van der Waals surface area contributed by atoms with Gasteiger partial charge < -0.3 is 9.16 Å². The molecule has 1 aliphatic rings. The third-order valence-electron chi connectivity index (χ3n) is 3.59. The fourth-order valence-electron chi connectivity index (χ4n) is 1.56. The number of carbonyl (C=O) groups is 2. The average Bonchev–Trinajstić information content (AvgIpc) is 2.14. The van der Waals surface area contributed by atoms with Crippen LogP contribution in [0.25, 0.3) is 0 Å². The molecule has 1 saturated heterocycles. The van der Waals surface area contributed by atoms with Crippen molar-refractivity contribution in [3.8, 4) is 0 Å². The van der Waals surface area contributed by atoms with Crippen molar-refractivity contribution >= 4 is 20.6 Å². The number of cyclic esters (lactones) is 1. The Morgan fingerprint density at radius 3 is 2.47 bits per heavy atom. The molecule has 0 aromatic rings. The van der Waals surface area contributed by atoms with Crippen LogP contribution in [0.2, 0.25) is 18.1 Å². The predicted octanol–water partition coefficient (Wildman–Crippen LogP) is 2.28. The summed E-state index contributed by atoms with van der Waals surface area (Å²) in [7, 11) is -1.89. The van der Waals surface area contributed by atoms with Crippen LogP contribution < -0.4 is 0 Å². The molecule has 0 amide bonds. The largest absolute Gasteiger partial charge is 0.454 e. The van der Waals surface area contributed by atoms with Crippen LogP contribution >= 0.6 is 0 Å². The topological polar surface area (TPSA) is 52.6 Å². The molecular weight excluding hydrogens is 236 g/mol. The number of aldehydes is 1. The van der Waals surface area contributed by atoms with E-state index < -0.39 is 14.4 Å². The molecule has 1 fully saturated rings. The number of carbonyl (C=O) groups excluding carboxylic acids is 2. The van der Waals surface area contributed by atoms with Crippen molar-refractivity contribution in [2.45, 2.75) is 64.0 Å². The molecule has 0 spiro atoms. The summed E-state index contributed by atoms with van der Waals surface area (Å²) in [6.45, 7) is 10.7. The van der Waals surface area contributed by atoms with Crippen LogP contribution in [0, 0.1) is 0 Å². The zero-order valence-electron chi connectivity index (χ0n) is 11.3. The van der Waals surface area contributed by atoms with E-state index in [0.29, 0.717) is 12.7 Å². The van der Waals surface area contributed by atoms with Gasteiger partial charge in [-0.05, 0) is 18.1 Å². The van der Waals surface area contributed by atoms with Crippen molar-refractivity contribution in [1.82, 2.24) is 0 Å². The highest BCUT2D eigenvalue weighted by Crippen LogP contribution is 2.38. The van der Waals surface area contributed by atoms with Crippen LogP contribution in [-0.2, 0) is 18.8 Å². The summed E-state index contributed by atoms with van der Waals surface area (Å²) >= 11 is 0. The minimum absolute atomic E-state index is 0.102. The van der Waals surface area contributed by atoms with Gasteiger partial charge in [-0.25, -0.2) is 0 Å².